The van der Waals surface area contributed by atoms with Gasteiger partial charge in [0.25, 0.3) is 0 Å². The number of hydrogen-bond donors (Lipinski definition) is 1. The van der Waals surface area contributed by atoms with Gasteiger partial charge >= 0.3 is 0 Å². The van der Waals surface area contributed by atoms with Crippen LogP contribution in [0.1, 0.15) is 45.4 Å². The van der Waals surface area contributed by atoms with Gasteiger partial charge in [-0.3, -0.25) is 0 Å². The van der Waals surface area contributed by atoms with Gasteiger partial charge in [-0.15, -0.1) is 0 Å². The Bertz CT molecular complexity index is 219. The van der Waals surface area contributed by atoms with E-state index in [0.29, 0.717) is 5.41 Å². The van der Waals surface area contributed by atoms with E-state index in [1.165, 1.54) is 37.7 Å². The van der Waals surface area contributed by atoms with Crippen molar-refractivity contribution in [2.45, 2.75) is 45.4 Å². The number of hydrogen-bond acceptors (Lipinski definition) is 1. The summed E-state index contributed by atoms with van der Waals surface area (Å²) in [5.74, 6) is 0.897. The SMILES string of the molecule is C[C@@H]1CC[C@@]2(C=C(CO)CCC2)C1. The summed E-state index contributed by atoms with van der Waals surface area (Å²) in [6, 6.07) is 0. The molecular weight excluding hydrogens is 160 g/mol. The minimum Gasteiger partial charge on any atom is -0.392 e. The van der Waals surface area contributed by atoms with Crippen molar-refractivity contribution in [3.8, 4) is 0 Å². The lowest BCUT2D eigenvalue weighted by Gasteiger charge is -2.31. The molecule has 1 nitrogen and oxygen atoms in total. The van der Waals surface area contributed by atoms with E-state index in [1.807, 2.05) is 0 Å². The van der Waals surface area contributed by atoms with Crippen LogP contribution in [0.25, 0.3) is 0 Å². The molecule has 1 saturated carbocycles. The Hall–Kier alpha value is -0.300. The smallest absolute Gasteiger partial charge is 0.0641 e. The minimum atomic E-state index is 0.288. The van der Waals surface area contributed by atoms with Crippen molar-refractivity contribution in [3.05, 3.63) is 11.6 Å². The Kier molecular flexibility index (Phi) is 2.46. The summed E-state index contributed by atoms with van der Waals surface area (Å²) in [4.78, 5) is 0. The van der Waals surface area contributed by atoms with Crippen LogP contribution >= 0.6 is 0 Å². The molecule has 13 heavy (non-hydrogen) atoms. The van der Waals surface area contributed by atoms with Gasteiger partial charge in [0.1, 0.15) is 0 Å². The van der Waals surface area contributed by atoms with Crippen LogP contribution in [-0.4, -0.2) is 11.7 Å². The Labute approximate surface area is 80.8 Å². The zero-order valence-electron chi connectivity index (χ0n) is 8.55. The van der Waals surface area contributed by atoms with Gasteiger partial charge in [-0.2, -0.15) is 0 Å². The van der Waals surface area contributed by atoms with Crippen molar-refractivity contribution in [2.24, 2.45) is 11.3 Å². The summed E-state index contributed by atoms with van der Waals surface area (Å²) in [7, 11) is 0. The highest BCUT2D eigenvalue weighted by Crippen LogP contribution is 2.49. The first-order chi connectivity index (χ1) is 6.24. The molecule has 0 aromatic rings. The highest BCUT2D eigenvalue weighted by atomic mass is 16.3. The Morgan fingerprint density at radius 3 is 3.00 bits per heavy atom. The van der Waals surface area contributed by atoms with Crippen LogP contribution in [0.3, 0.4) is 0 Å². The molecular formula is C12H20O. The highest BCUT2D eigenvalue weighted by molar-refractivity contribution is 5.15. The molecule has 2 aliphatic carbocycles. The van der Waals surface area contributed by atoms with Gasteiger partial charge in [-0.05, 0) is 55.4 Å². The fraction of sp³-hybridized carbons (Fsp3) is 0.833. The van der Waals surface area contributed by atoms with E-state index in [4.69, 9.17) is 5.11 Å². The van der Waals surface area contributed by atoms with E-state index in [2.05, 4.69) is 13.0 Å². The number of allylic oxidation sites excluding steroid dienone is 1. The Morgan fingerprint density at radius 1 is 1.54 bits per heavy atom. The summed E-state index contributed by atoms with van der Waals surface area (Å²) in [5, 5.41) is 9.13. The van der Waals surface area contributed by atoms with Gasteiger partial charge in [0.05, 0.1) is 6.61 Å². The molecule has 1 spiro atoms. The lowest BCUT2D eigenvalue weighted by atomic mass is 9.75. The zero-order valence-corrected chi connectivity index (χ0v) is 8.55. The Balaban J connectivity index is 2.14. The van der Waals surface area contributed by atoms with Crippen LogP contribution in [0, 0.1) is 11.3 Å². The first-order valence-electron chi connectivity index (χ1n) is 5.56. The molecule has 0 aliphatic heterocycles. The van der Waals surface area contributed by atoms with E-state index >= 15 is 0 Å². The highest BCUT2D eigenvalue weighted by Gasteiger charge is 2.36. The van der Waals surface area contributed by atoms with Gasteiger partial charge < -0.3 is 5.11 Å². The van der Waals surface area contributed by atoms with E-state index in [9.17, 15) is 0 Å². The monoisotopic (exact) mass is 180 g/mol. The lowest BCUT2D eigenvalue weighted by molar-refractivity contribution is 0.284. The van der Waals surface area contributed by atoms with Crippen LogP contribution in [0.4, 0.5) is 0 Å². The summed E-state index contributed by atoms with van der Waals surface area (Å²) in [6.07, 6.45) is 10.3. The Morgan fingerprint density at radius 2 is 2.38 bits per heavy atom. The van der Waals surface area contributed by atoms with E-state index in [1.54, 1.807) is 0 Å². The van der Waals surface area contributed by atoms with Gasteiger partial charge in [0.15, 0.2) is 0 Å². The molecule has 2 rings (SSSR count). The predicted molar refractivity (Wildman–Crippen MR) is 54.5 cm³/mol. The van der Waals surface area contributed by atoms with Crippen LogP contribution in [0.2, 0.25) is 0 Å². The van der Waals surface area contributed by atoms with Crippen LogP contribution < -0.4 is 0 Å². The normalized spacial score (nSPS) is 39.5. The third kappa shape index (κ3) is 1.80. The largest absolute Gasteiger partial charge is 0.392 e. The molecule has 0 radical (unpaired) electrons. The first-order valence-corrected chi connectivity index (χ1v) is 5.56. The summed E-state index contributed by atoms with van der Waals surface area (Å²) in [6.45, 7) is 2.64. The zero-order chi connectivity index (χ0) is 9.31. The number of rotatable bonds is 1. The molecule has 0 amide bonds. The van der Waals surface area contributed by atoms with Crippen molar-refractivity contribution in [3.63, 3.8) is 0 Å². The van der Waals surface area contributed by atoms with E-state index < -0.39 is 0 Å². The standard InChI is InChI=1S/C12H20O/c1-10-4-6-12(7-10)5-2-3-11(8-12)9-13/h8,10,13H,2-7,9H2,1H3/t10-,12-/m1/s1. The molecule has 0 saturated heterocycles. The first kappa shape index (κ1) is 9.26. The van der Waals surface area contributed by atoms with Crippen LogP contribution in [-0.2, 0) is 0 Å². The topological polar surface area (TPSA) is 20.2 Å². The summed E-state index contributed by atoms with van der Waals surface area (Å²) in [5.41, 5.74) is 1.79. The second-order valence-corrected chi connectivity index (χ2v) is 5.02. The molecule has 74 valence electrons. The fourth-order valence-electron chi connectivity index (χ4n) is 3.16. The van der Waals surface area contributed by atoms with Crippen molar-refractivity contribution < 1.29 is 5.11 Å². The second-order valence-electron chi connectivity index (χ2n) is 5.02. The maximum absolute atomic E-state index is 9.13. The molecule has 0 bridgehead atoms. The molecule has 0 aromatic carbocycles. The van der Waals surface area contributed by atoms with Crippen molar-refractivity contribution in [1.82, 2.24) is 0 Å². The number of aliphatic hydroxyl groups excluding tert-OH is 1. The second kappa shape index (κ2) is 3.45. The lowest BCUT2D eigenvalue weighted by Crippen LogP contribution is -2.19. The molecule has 0 aromatic heterocycles. The van der Waals surface area contributed by atoms with Crippen molar-refractivity contribution in [1.29, 1.82) is 0 Å². The predicted octanol–water partition coefficient (Wildman–Crippen LogP) is 2.90. The summed E-state index contributed by atoms with van der Waals surface area (Å²) < 4.78 is 0. The summed E-state index contributed by atoms with van der Waals surface area (Å²) >= 11 is 0. The molecule has 0 heterocycles. The van der Waals surface area contributed by atoms with Gasteiger partial charge in [0, 0.05) is 0 Å². The van der Waals surface area contributed by atoms with Gasteiger partial charge in [-0.25, -0.2) is 0 Å². The molecule has 1 fully saturated rings. The van der Waals surface area contributed by atoms with E-state index in [0.717, 1.165) is 12.3 Å². The van der Waals surface area contributed by atoms with E-state index in [-0.39, 0.29) is 6.61 Å². The molecule has 0 unspecified atom stereocenters. The minimum absolute atomic E-state index is 0.288. The third-order valence-electron chi connectivity index (χ3n) is 3.78. The number of aliphatic hydroxyl groups is 1. The fourth-order valence-corrected chi connectivity index (χ4v) is 3.16. The molecule has 1 N–H and O–H groups in total. The molecule has 1 heteroatoms. The van der Waals surface area contributed by atoms with Crippen molar-refractivity contribution in [2.75, 3.05) is 6.61 Å². The third-order valence-corrected chi connectivity index (χ3v) is 3.78. The average molecular weight is 180 g/mol. The van der Waals surface area contributed by atoms with Crippen molar-refractivity contribution >= 4 is 0 Å². The molecule has 2 aliphatic rings. The van der Waals surface area contributed by atoms with Gasteiger partial charge in [-0.1, -0.05) is 13.0 Å². The maximum Gasteiger partial charge on any atom is 0.0641 e. The molecule has 2 atom stereocenters. The average Bonchev–Trinajstić information content (AvgIpc) is 2.47. The maximum atomic E-state index is 9.13. The quantitative estimate of drug-likeness (QED) is 0.615. The van der Waals surface area contributed by atoms with Crippen LogP contribution in [0.15, 0.2) is 11.6 Å². The van der Waals surface area contributed by atoms with Crippen LogP contribution in [0.5, 0.6) is 0 Å². The van der Waals surface area contributed by atoms with Gasteiger partial charge in [0.2, 0.25) is 0 Å².